The van der Waals surface area contributed by atoms with Crippen LogP contribution in [0.25, 0.3) is 0 Å². The van der Waals surface area contributed by atoms with Crippen molar-refractivity contribution in [1.82, 2.24) is 0 Å². The maximum atomic E-state index is 10.5. The molecule has 0 aliphatic carbocycles. The van der Waals surface area contributed by atoms with E-state index in [1.165, 1.54) is 18.2 Å². The van der Waals surface area contributed by atoms with Crippen molar-refractivity contribution in [3.8, 4) is 0 Å². The summed E-state index contributed by atoms with van der Waals surface area (Å²) in [6.45, 7) is -0.376. The number of carbonyl (C=O) groups excluding carboxylic acids is 1. The molecule has 0 spiro atoms. The van der Waals surface area contributed by atoms with E-state index in [1.54, 1.807) is 6.07 Å². The predicted octanol–water partition coefficient (Wildman–Crippen LogP) is 1.66. The zero-order valence-electron chi connectivity index (χ0n) is 7.00. The van der Waals surface area contributed by atoms with E-state index < -0.39 is 11.1 Å². The summed E-state index contributed by atoms with van der Waals surface area (Å²) in [4.78, 5) is 19.8. The Morgan fingerprint density at radius 3 is 2.64 bits per heavy atom. The van der Waals surface area contributed by atoms with Crippen LogP contribution < -0.4 is 0 Å². The molecule has 0 heterocycles. The first kappa shape index (κ1) is 9.97. The number of hydrogen-bond acceptors (Lipinski definition) is 4. The molecule has 6 heteroatoms. The molecule has 0 amide bonds. The number of ether oxygens (including phenoxy) is 1. The van der Waals surface area contributed by atoms with E-state index in [0.29, 0.717) is 0 Å². The molecule has 0 fully saturated rings. The summed E-state index contributed by atoms with van der Waals surface area (Å²) >= 11 is 0. The molecule has 1 aromatic rings. The number of para-hydroxylation sites is 1. The monoisotopic (exact) mass is 196 g/mol. The first-order valence-corrected chi connectivity index (χ1v) is 3.67. The molecule has 0 aromatic heterocycles. The highest BCUT2D eigenvalue weighted by Crippen LogP contribution is 2.18. The van der Waals surface area contributed by atoms with Crippen LogP contribution in [0.5, 0.6) is 0 Å². The summed E-state index contributed by atoms with van der Waals surface area (Å²) in [6.07, 6.45) is -1.71. The zero-order chi connectivity index (χ0) is 10.6. The number of hydrogen-bond donors (Lipinski definition) is 0. The Kier molecular flexibility index (Phi) is 3.01. The fraction of sp³-hybridized carbons (Fsp3) is 0.125. The predicted molar refractivity (Wildman–Crippen MR) is 44.0 cm³/mol. The molecule has 0 bridgehead atoms. The van der Waals surface area contributed by atoms with Gasteiger partial charge >= 0.3 is 6.16 Å². The minimum atomic E-state index is -1.71. The molecular weight excluding hydrogens is 190 g/mol. The highest BCUT2D eigenvalue weighted by molar-refractivity contribution is 5.56. The van der Waals surface area contributed by atoms with Gasteiger partial charge in [0, 0.05) is 6.07 Å². The Labute approximate surface area is 78.9 Å². The van der Waals surface area contributed by atoms with Crippen molar-refractivity contribution in [3.05, 3.63) is 39.9 Å². The molecule has 0 atom stereocenters. The van der Waals surface area contributed by atoms with Crippen LogP contribution in [0.3, 0.4) is 0 Å². The van der Waals surface area contributed by atoms with Crippen molar-refractivity contribution >= 4 is 11.8 Å². The van der Waals surface area contributed by atoms with Crippen molar-refractivity contribution in [3.63, 3.8) is 0 Å². The number of carbonyl (C=O) groups is 1. The molecule has 1 rings (SSSR count). The third-order valence-corrected chi connectivity index (χ3v) is 1.53. The number of nitro benzene ring substituents is 1. The minimum Gasteiger partial charge on any atom is -0.427 e. The highest BCUT2D eigenvalue weighted by atomic mass is 16.7. The Morgan fingerprint density at radius 1 is 1.43 bits per heavy atom. The summed E-state index contributed by atoms with van der Waals surface area (Å²) in [5.41, 5.74) is 0.0236. The van der Waals surface area contributed by atoms with E-state index in [0.717, 1.165) is 0 Å². The van der Waals surface area contributed by atoms with Gasteiger partial charge in [0.25, 0.3) is 5.69 Å². The van der Waals surface area contributed by atoms with Gasteiger partial charge in [-0.15, -0.1) is 0 Å². The maximum Gasteiger partial charge on any atom is 0.550 e. The first-order valence-electron chi connectivity index (χ1n) is 3.67. The van der Waals surface area contributed by atoms with Gasteiger partial charge in [-0.3, -0.25) is 10.1 Å². The number of rotatable bonds is 3. The lowest BCUT2D eigenvalue weighted by Gasteiger charge is -2.00. The molecule has 6 nitrogen and oxygen atoms in total. The summed E-state index contributed by atoms with van der Waals surface area (Å²) < 4.78 is 4.12. The Bertz CT molecular complexity index is 363. The van der Waals surface area contributed by atoms with Gasteiger partial charge in [-0.25, -0.2) is 0 Å². The zero-order valence-corrected chi connectivity index (χ0v) is 7.00. The third kappa shape index (κ3) is 2.44. The molecule has 0 aliphatic rings. The van der Waals surface area contributed by atoms with Gasteiger partial charge in [-0.2, -0.15) is 9.90 Å². The van der Waals surface area contributed by atoms with E-state index in [1.807, 2.05) is 0 Å². The standard InChI is InChI=1S/C8H6NO5/c10-8(11)14-5-6-3-1-2-4-7(6)9(12)13/h1-4H,5H2. The molecule has 1 radical (unpaired) electrons. The van der Waals surface area contributed by atoms with Crippen LogP contribution in [0, 0.1) is 10.1 Å². The van der Waals surface area contributed by atoms with Gasteiger partial charge in [0.2, 0.25) is 0 Å². The molecule has 0 unspecified atom stereocenters. The average Bonchev–Trinajstić information content (AvgIpc) is 2.15. The third-order valence-electron chi connectivity index (χ3n) is 1.53. The van der Waals surface area contributed by atoms with Crippen molar-refractivity contribution in [1.29, 1.82) is 0 Å². The number of nitro groups is 1. The second kappa shape index (κ2) is 4.22. The molecule has 0 saturated heterocycles. The normalized spacial score (nSPS) is 9.43. The van der Waals surface area contributed by atoms with Crippen LogP contribution in [-0.2, 0) is 16.5 Å². The van der Waals surface area contributed by atoms with Gasteiger partial charge in [0.15, 0.2) is 0 Å². The second-order valence-corrected chi connectivity index (χ2v) is 2.42. The van der Waals surface area contributed by atoms with Crippen LogP contribution in [0.4, 0.5) is 10.5 Å². The summed E-state index contributed by atoms with van der Waals surface area (Å²) in [6, 6.07) is 5.73. The Hall–Kier alpha value is -2.11. The molecule has 73 valence electrons. The Balaban J connectivity index is 2.84. The smallest absolute Gasteiger partial charge is 0.427 e. The van der Waals surface area contributed by atoms with Gasteiger partial charge in [-0.1, -0.05) is 12.1 Å². The SMILES string of the molecule is [O]C(=O)OCc1ccccc1[N+](=O)[O-]. The van der Waals surface area contributed by atoms with E-state index in [2.05, 4.69) is 4.74 Å². The average molecular weight is 196 g/mol. The van der Waals surface area contributed by atoms with Gasteiger partial charge in [0.1, 0.15) is 6.61 Å². The lowest BCUT2D eigenvalue weighted by atomic mass is 10.2. The van der Waals surface area contributed by atoms with Crippen molar-refractivity contribution in [2.75, 3.05) is 0 Å². The molecule has 0 saturated carbocycles. The number of benzene rings is 1. The lowest BCUT2D eigenvalue weighted by Crippen LogP contribution is -2.01. The van der Waals surface area contributed by atoms with Gasteiger partial charge < -0.3 is 4.74 Å². The maximum absolute atomic E-state index is 10.5. The first-order chi connectivity index (χ1) is 6.61. The van der Waals surface area contributed by atoms with Crippen molar-refractivity contribution < 1.29 is 19.6 Å². The minimum absolute atomic E-state index is 0.172. The van der Waals surface area contributed by atoms with Crippen molar-refractivity contribution in [2.24, 2.45) is 0 Å². The number of nitrogens with zero attached hydrogens (tertiary/aromatic N) is 1. The van der Waals surface area contributed by atoms with E-state index in [-0.39, 0.29) is 17.9 Å². The summed E-state index contributed by atoms with van der Waals surface area (Å²) in [5.74, 6) is 0. The molecule has 0 aliphatic heterocycles. The second-order valence-electron chi connectivity index (χ2n) is 2.42. The van der Waals surface area contributed by atoms with Crippen LogP contribution in [0.2, 0.25) is 0 Å². The fourth-order valence-electron chi connectivity index (χ4n) is 0.948. The largest absolute Gasteiger partial charge is 0.550 e. The topological polar surface area (TPSA) is 89.3 Å². The van der Waals surface area contributed by atoms with Gasteiger partial charge in [-0.05, 0) is 6.07 Å². The quantitative estimate of drug-likeness (QED) is 0.417. The van der Waals surface area contributed by atoms with Crippen molar-refractivity contribution in [2.45, 2.75) is 6.61 Å². The van der Waals surface area contributed by atoms with E-state index in [9.17, 15) is 20.0 Å². The molecular formula is C8H6NO5. The van der Waals surface area contributed by atoms with E-state index in [4.69, 9.17) is 0 Å². The van der Waals surface area contributed by atoms with Crippen LogP contribution >= 0.6 is 0 Å². The van der Waals surface area contributed by atoms with Crippen LogP contribution in [0.1, 0.15) is 5.56 Å². The molecule has 1 aromatic carbocycles. The lowest BCUT2D eigenvalue weighted by molar-refractivity contribution is -0.385. The van der Waals surface area contributed by atoms with Crippen LogP contribution in [-0.4, -0.2) is 11.1 Å². The van der Waals surface area contributed by atoms with E-state index >= 15 is 0 Å². The molecule has 0 N–H and O–H groups in total. The fourth-order valence-corrected chi connectivity index (χ4v) is 0.948. The molecule has 14 heavy (non-hydrogen) atoms. The van der Waals surface area contributed by atoms with Gasteiger partial charge in [0.05, 0.1) is 10.5 Å². The highest BCUT2D eigenvalue weighted by Gasteiger charge is 2.13. The van der Waals surface area contributed by atoms with Crippen LogP contribution in [0.15, 0.2) is 24.3 Å². The summed E-state index contributed by atoms with van der Waals surface area (Å²) in [7, 11) is 0. The summed E-state index contributed by atoms with van der Waals surface area (Å²) in [5, 5.41) is 20.4. The Morgan fingerprint density at radius 2 is 2.07 bits per heavy atom.